The zero-order chi connectivity index (χ0) is 25.1. The summed E-state index contributed by atoms with van der Waals surface area (Å²) in [6.45, 7) is 0. The lowest BCUT2D eigenvalue weighted by Crippen LogP contribution is -2.12. The van der Waals surface area contributed by atoms with Gasteiger partial charge in [0, 0.05) is 44.5 Å². The van der Waals surface area contributed by atoms with Gasteiger partial charge in [-0.1, -0.05) is 12.1 Å². The van der Waals surface area contributed by atoms with E-state index < -0.39 is 5.82 Å². The zero-order valence-corrected chi connectivity index (χ0v) is 20.2. The third-order valence-corrected chi connectivity index (χ3v) is 6.74. The van der Waals surface area contributed by atoms with Crippen molar-refractivity contribution in [1.29, 1.82) is 0 Å². The first kappa shape index (κ1) is 23.5. The molecule has 5 aromatic rings. The number of halogens is 1. The highest BCUT2D eigenvalue weighted by atomic mass is 32.1. The number of aromatic nitrogens is 4. The van der Waals surface area contributed by atoms with Crippen LogP contribution in [0, 0.1) is 5.82 Å². The predicted molar refractivity (Wildman–Crippen MR) is 135 cm³/mol. The molecule has 0 amide bonds. The molecule has 1 aromatic carbocycles. The SMILES string of the molecule is Cn1cncc1-c1cc2nccc(Oc3ccc(CC(=O)CC(=O)Cc4cccnc4)cc3F)c2s1. The maximum absolute atomic E-state index is 14.9. The Kier molecular flexibility index (Phi) is 6.64. The van der Waals surface area contributed by atoms with Crippen molar-refractivity contribution in [3.63, 3.8) is 0 Å². The van der Waals surface area contributed by atoms with Crippen LogP contribution in [0.2, 0.25) is 0 Å². The lowest BCUT2D eigenvalue weighted by atomic mass is 10.0. The first-order valence-corrected chi connectivity index (χ1v) is 12.0. The van der Waals surface area contributed by atoms with Crippen molar-refractivity contribution >= 4 is 33.1 Å². The predicted octanol–water partition coefficient (Wildman–Crippen LogP) is 5.34. The van der Waals surface area contributed by atoms with Gasteiger partial charge in [0.15, 0.2) is 11.6 Å². The van der Waals surface area contributed by atoms with E-state index in [4.69, 9.17) is 4.74 Å². The molecular formula is C27H21FN4O3S. The van der Waals surface area contributed by atoms with Gasteiger partial charge in [-0.2, -0.15) is 0 Å². The van der Waals surface area contributed by atoms with Gasteiger partial charge in [0.25, 0.3) is 0 Å². The average Bonchev–Trinajstić information content (AvgIpc) is 3.47. The van der Waals surface area contributed by atoms with E-state index >= 15 is 0 Å². The molecule has 0 fully saturated rings. The van der Waals surface area contributed by atoms with Gasteiger partial charge < -0.3 is 9.30 Å². The van der Waals surface area contributed by atoms with Crippen LogP contribution in [-0.4, -0.2) is 31.1 Å². The number of nitrogens with zero attached hydrogens (tertiary/aromatic N) is 4. The molecule has 7 nitrogen and oxygen atoms in total. The molecule has 0 aliphatic heterocycles. The molecule has 0 radical (unpaired) electrons. The number of carbonyl (C=O) groups excluding carboxylic acids is 2. The molecule has 0 N–H and O–H groups in total. The second-order valence-corrected chi connectivity index (χ2v) is 9.41. The molecule has 0 spiro atoms. The standard InChI is InChI=1S/C27H21FN4O3S/c1-32-16-30-15-23(32)26-13-22-27(36-26)25(6-8-31-22)35-24-5-4-17(11-21(24)28)9-19(33)12-20(34)10-18-3-2-7-29-14-18/h2-8,11,13-16H,9-10,12H2,1H3. The Balaban J connectivity index is 1.27. The molecule has 0 aliphatic carbocycles. The van der Waals surface area contributed by atoms with Crippen molar-refractivity contribution in [3.8, 4) is 22.1 Å². The van der Waals surface area contributed by atoms with Crippen molar-refractivity contribution in [1.82, 2.24) is 19.5 Å². The largest absolute Gasteiger partial charge is 0.453 e. The third kappa shape index (κ3) is 5.21. The first-order valence-electron chi connectivity index (χ1n) is 11.2. The van der Waals surface area contributed by atoms with Gasteiger partial charge in [-0.25, -0.2) is 9.37 Å². The lowest BCUT2D eigenvalue weighted by Gasteiger charge is -2.09. The van der Waals surface area contributed by atoms with Crippen molar-refractivity contribution in [3.05, 3.63) is 90.5 Å². The molecule has 0 aliphatic rings. The number of pyridine rings is 2. The minimum absolute atomic E-state index is 0.0333. The fourth-order valence-electron chi connectivity index (χ4n) is 3.87. The number of imidazole rings is 1. The molecular weight excluding hydrogens is 479 g/mol. The summed E-state index contributed by atoms with van der Waals surface area (Å²) in [5.41, 5.74) is 2.93. The Morgan fingerprint density at radius 3 is 2.53 bits per heavy atom. The van der Waals surface area contributed by atoms with Gasteiger partial charge in [0.05, 0.1) is 39.7 Å². The Hall–Kier alpha value is -4.24. The highest BCUT2D eigenvalue weighted by Gasteiger charge is 2.16. The minimum Gasteiger partial charge on any atom is -0.453 e. The molecule has 4 aromatic heterocycles. The maximum Gasteiger partial charge on any atom is 0.166 e. The molecule has 4 heterocycles. The molecule has 180 valence electrons. The number of ether oxygens (including phenoxy) is 1. The molecule has 0 saturated heterocycles. The molecule has 0 unspecified atom stereocenters. The van der Waals surface area contributed by atoms with Crippen LogP contribution in [0.25, 0.3) is 20.8 Å². The Morgan fingerprint density at radius 2 is 1.81 bits per heavy atom. The molecule has 0 bridgehead atoms. The minimum atomic E-state index is -0.588. The van der Waals surface area contributed by atoms with Crippen LogP contribution < -0.4 is 4.74 Å². The smallest absolute Gasteiger partial charge is 0.166 e. The topological polar surface area (TPSA) is 87.0 Å². The number of fused-ring (bicyclic) bond motifs is 1. The van der Waals surface area contributed by atoms with Crippen LogP contribution in [0.1, 0.15) is 17.5 Å². The summed E-state index contributed by atoms with van der Waals surface area (Å²) < 4.78 is 23.5. The summed E-state index contributed by atoms with van der Waals surface area (Å²) in [7, 11) is 1.91. The highest BCUT2D eigenvalue weighted by Crippen LogP contribution is 2.39. The highest BCUT2D eigenvalue weighted by molar-refractivity contribution is 7.22. The van der Waals surface area contributed by atoms with Crippen molar-refractivity contribution in [2.75, 3.05) is 0 Å². The Bertz CT molecular complexity index is 1560. The summed E-state index contributed by atoms with van der Waals surface area (Å²) in [6.07, 6.45) is 8.24. The number of carbonyl (C=O) groups is 2. The van der Waals surface area contributed by atoms with E-state index in [9.17, 15) is 14.0 Å². The van der Waals surface area contributed by atoms with E-state index in [1.807, 2.05) is 17.7 Å². The van der Waals surface area contributed by atoms with Crippen LogP contribution in [0.4, 0.5) is 4.39 Å². The molecule has 9 heteroatoms. The molecule has 36 heavy (non-hydrogen) atoms. The third-order valence-electron chi connectivity index (χ3n) is 5.58. The van der Waals surface area contributed by atoms with E-state index in [1.165, 1.54) is 23.5 Å². The van der Waals surface area contributed by atoms with Crippen molar-refractivity contribution < 1.29 is 18.7 Å². The van der Waals surface area contributed by atoms with Crippen LogP contribution in [0.5, 0.6) is 11.5 Å². The fraction of sp³-hybridized carbons (Fsp3) is 0.148. The van der Waals surface area contributed by atoms with E-state index in [1.54, 1.807) is 55.4 Å². The van der Waals surface area contributed by atoms with Crippen LogP contribution in [0.3, 0.4) is 0 Å². The monoisotopic (exact) mass is 500 g/mol. The second kappa shape index (κ2) is 10.2. The second-order valence-electron chi connectivity index (χ2n) is 8.36. The summed E-state index contributed by atoms with van der Waals surface area (Å²) >= 11 is 1.49. The number of Topliss-reactive ketones (excluding diaryl/α,β-unsaturated/α-hetero) is 2. The van der Waals surface area contributed by atoms with Crippen LogP contribution >= 0.6 is 11.3 Å². The number of benzene rings is 1. The normalized spacial score (nSPS) is 11.1. The summed E-state index contributed by atoms with van der Waals surface area (Å²) in [5, 5.41) is 0. The van der Waals surface area contributed by atoms with Crippen molar-refractivity contribution in [2.45, 2.75) is 19.3 Å². The van der Waals surface area contributed by atoms with Crippen molar-refractivity contribution in [2.24, 2.45) is 7.05 Å². The van der Waals surface area contributed by atoms with E-state index in [-0.39, 0.29) is 36.6 Å². The molecule has 5 rings (SSSR count). The average molecular weight is 501 g/mol. The van der Waals surface area contributed by atoms with E-state index in [0.717, 1.165) is 26.4 Å². The van der Waals surface area contributed by atoms with E-state index in [2.05, 4.69) is 15.0 Å². The van der Waals surface area contributed by atoms with Gasteiger partial charge in [-0.15, -0.1) is 11.3 Å². The molecule has 0 saturated carbocycles. The van der Waals surface area contributed by atoms with Crippen LogP contribution in [-0.2, 0) is 29.5 Å². The van der Waals surface area contributed by atoms with Gasteiger partial charge in [0.2, 0.25) is 0 Å². The fourth-order valence-corrected chi connectivity index (χ4v) is 4.99. The number of ketones is 2. The number of hydrogen-bond acceptors (Lipinski definition) is 7. The van der Waals surface area contributed by atoms with Crippen LogP contribution in [0.15, 0.2) is 73.6 Å². The maximum atomic E-state index is 14.9. The number of thiophene rings is 1. The zero-order valence-electron chi connectivity index (χ0n) is 19.3. The Labute approximate surface area is 210 Å². The summed E-state index contributed by atoms with van der Waals surface area (Å²) in [4.78, 5) is 38.1. The van der Waals surface area contributed by atoms with Gasteiger partial charge >= 0.3 is 0 Å². The summed E-state index contributed by atoms with van der Waals surface area (Å²) in [6, 6.07) is 11.6. The number of aryl methyl sites for hydroxylation is 1. The number of rotatable bonds is 9. The number of hydrogen-bond donors (Lipinski definition) is 0. The van der Waals surface area contributed by atoms with E-state index in [0.29, 0.717) is 11.3 Å². The van der Waals surface area contributed by atoms with Gasteiger partial charge in [0.1, 0.15) is 17.3 Å². The Morgan fingerprint density at radius 1 is 0.972 bits per heavy atom. The quantitative estimate of drug-likeness (QED) is 0.254. The summed E-state index contributed by atoms with van der Waals surface area (Å²) in [5.74, 6) is -0.523. The lowest BCUT2D eigenvalue weighted by molar-refractivity contribution is -0.126. The van der Waals surface area contributed by atoms with Gasteiger partial charge in [-0.05, 0) is 35.4 Å². The first-order chi connectivity index (χ1) is 17.5. The van der Waals surface area contributed by atoms with Gasteiger partial charge in [-0.3, -0.25) is 19.6 Å². The molecule has 0 atom stereocenters.